The SMILES string of the molecule is COc1cc(OC)c(OC)cc1C=C(C#N)S(=O)(=O)Cc1ccc(Cl)cc1Cl. The summed E-state index contributed by atoms with van der Waals surface area (Å²) in [4.78, 5) is -0.441. The lowest BCUT2D eigenvalue weighted by molar-refractivity contribution is 0.348. The van der Waals surface area contributed by atoms with Crippen LogP contribution in [0.25, 0.3) is 6.08 Å². The number of nitrogens with zero attached hydrogens (tertiary/aromatic N) is 1. The van der Waals surface area contributed by atoms with Gasteiger partial charge in [0.1, 0.15) is 16.7 Å². The summed E-state index contributed by atoms with van der Waals surface area (Å²) in [7, 11) is 0.362. The van der Waals surface area contributed by atoms with Crippen LogP contribution in [0.15, 0.2) is 35.2 Å². The minimum Gasteiger partial charge on any atom is -0.496 e. The molecule has 28 heavy (non-hydrogen) atoms. The van der Waals surface area contributed by atoms with Gasteiger partial charge >= 0.3 is 0 Å². The summed E-state index contributed by atoms with van der Waals surface area (Å²) in [5.41, 5.74) is 0.689. The number of hydrogen-bond acceptors (Lipinski definition) is 6. The second kappa shape index (κ2) is 9.20. The van der Waals surface area contributed by atoms with Crippen LogP contribution in [0, 0.1) is 11.3 Å². The molecule has 0 saturated heterocycles. The van der Waals surface area contributed by atoms with Gasteiger partial charge in [0.25, 0.3) is 0 Å². The standard InChI is InChI=1S/C19H17Cl2NO5S/c1-25-17-9-19(27-3)18(26-2)7-13(17)6-15(10-22)28(23,24)11-12-4-5-14(20)8-16(12)21/h4-9H,11H2,1-3H3. The third-order valence-corrected chi connectivity index (χ3v) is 5.99. The molecule has 0 heterocycles. The summed E-state index contributed by atoms with van der Waals surface area (Å²) < 4.78 is 41.2. The maximum absolute atomic E-state index is 12.8. The summed E-state index contributed by atoms with van der Waals surface area (Å²) in [5, 5.41) is 10.0. The maximum atomic E-state index is 12.8. The Bertz CT molecular complexity index is 1060. The molecule has 9 heteroatoms. The maximum Gasteiger partial charge on any atom is 0.192 e. The highest BCUT2D eigenvalue weighted by molar-refractivity contribution is 7.95. The van der Waals surface area contributed by atoms with Gasteiger partial charge in [-0.3, -0.25) is 0 Å². The molecule has 0 amide bonds. The Balaban J connectivity index is 2.51. The van der Waals surface area contributed by atoms with E-state index >= 15 is 0 Å². The number of nitriles is 1. The smallest absolute Gasteiger partial charge is 0.192 e. The van der Waals surface area contributed by atoms with Crippen molar-refractivity contribution in [1.29, 1.82) is 5.26 Å². The van der Waals surface area contributed by atoms with Gasteiger partial charge in [0.2, 0.25) is 0 Å². The van der Waals surface area contributed by atoms with Crippen molar-refractivity contribution in [2.75, 3.05) is 21.3 Å². The van der Waals surface area contributed by atoms with E-state index in [9.17, 15) is 13.7 Å². The van der Waals surface area contributed by atoms with Gasteiger partial charge in [0.15, 0.2) is 21.3 Å². The highest BCUT2D eigenvalue weighted by Crippen LogP contribution is 2.36. The predicted octanol–water partition coefficient (Wildman–Crippen LogP) is 4.50. The van der Waals surface area contributed by atoms with E-state index in [0.717, 1.165) is 0 Å². The van der Waals surface area contributed by atoms with E-state index in [-0.39, 0.29) is 5.02 Å². The Morgan fingerprint density at radius 2 is 1.64 bits per heavy atom. The van der Waals surface area contributed by atoms with Crippen LogP contribution in [0.1, 0.15) is 11.1 Å². The number of halogens is 2. The first-order valence-electron chi connectivity index (χ1n) is 7.84. The monoisotopic (exact) mass is 441 g/mol. The third kappa shape index (κ3) is 4.90. The molecule has 0 bridgehead atoms. The van der Waals surface area contributed by atoms with Gasteiger partial charge in [-0.1, -0.05) is 29.3 Å². The molecule has 2 rings (SSSR count). The van der Waals surface area contributed by atoms with Gasteiger partial charge in [-0.15, -0.1) is 0 Å². The average Bonchev–Trinajstić information content (AvgIpc) is 2.67. The van der Waals surface area contributed by atoms with Crippen LogP contribution in [-0.2, 0) is 15.6 Å². The number of benzene rings is 2. The van der Waals surface area contributed by atoms with Crippen molar-refractivity contribution in [3.05, 3.63) is 56.4 Å². The van der Waals surface area contributed by atoms with Crippen molar-refractivity contribution >= 4 is 39.1 Å². The summed E-state index contributed by atoms with van der Waals surface area (Å²) in [5.74, 6) is 0.652. The third-order valence-electron chi connectivity index (χ3n) is 3.83. The number of ether oxygens (including phenoxy) is 3. The molecule has 148 valence electrons. The number of allylic oxidation sites excluding steroid dienone is 1. The molecule has 0 N–H and O–H groups in total. The molecule has 2 aromatic rings. The first-order valence-corrected chi connectivity index (χ1v) is 10.2. The van der Waals surface area contributed by atoms with Crippen LogP contribution in [0.4, 0.5) is 0 Å². The Hall–Kier alpha value is -2.40. The van der Waals surface area contributed by atoms with Crippen LogP contribution in [0.5, 0.6) is 17.2 Å². The molecule has 0 atom stereocenters. The van der Waals surface area contributed by atoms with Crippen molar-refractivity contribution in [1.82, 2.24) is 0 Å². The van der Waals surface area contributed by atoms with E-state index in [1.54, 1.807) is 12.1 Å². The van der Waals surface area contributed by atoms with E-state index in [1.807, 2.05) is 0 Å². The van der Waals surface area contributed by atoms with Crippen LogP contribution < -0.4 is 14.2 Å². The molecule has 0 unspecified atom stereocenters. The largest absolute Gasteiger partial charge is 0.496 e. The minimum atomic E-state index is -3.97. The van der Waals surface area contributed by atoms with Gasteiger partial charge in [-0.05, 0) is 29.8 Å². The second-order valence-electron chi connectivity index (χ2n) is 5.56. The summed E-state index contributed by atoms with van der Waals surface area (Å²) >= 11 is 11.9. The predicted molar refractivity (Wildman–Crippen MR) is 109 cm³/mol. The van der Waals surface area contributed by atoms with Crippen molar-refractivity contribution in [2.45, 2.75) is 5.75 Å². The lowest BCUT2D eigenvalue weighted by atomic mass is 10.1. The van der Waals surface area contributed by atoms with Gasteiger partial charge in [-0.25, -0.2) is 8.42 Å². The summed E-state index contributed by atoms with van der Waals surface area (Å²) in [6.07, 6.45) is 1.22. The van der Waals surface area contributed by atoms with Crippen LogP contribution in [0.3, 0.4) is 0 Å². The molecule has 6 nitrogen and oxygen atoms in total. The molecule has 2 aromatic carbocycles. The first kappa shape index (κ1) is 21.9. The molecule has 0 fully saturated rings. The van der Waals surface area contributed by atoms with Gasteiger partial charge in [-0.2, -0.15) is 5.26 Å². The van der Waals surface area contributed by atoms with E-state index < -0.39 is 20.5 Å². The van der Waals surface area contributed by atoms with Crippen LogP contribution >= 0.6 is 23.2 Å². The quantitative estimate of drug-likeness (QED) is 0.587. The fraction of sp³-hybridized carbons (Fsp3) is 0.211. The van der Waals surface area contributed by atoms with Crippen LogP contribution in [0.2, 0.25) is 10.0 Å². The lowest BCUT2D eigenvalue weighted by Gasteiger charge is -2.12. The van der Waals surface area contributed by atoms with Crippen molar-refractivity contribution in [2.24, 2.45) is 0 Å². The van der Waals surface area contributed by atoms with Gasteiger partial charge in [0.05, 0.1) is 27.1 Å². The van der Waals surface area contributed by atoms with E-state index in [4.69, 9.17) is 37.4 Å². The zero-order chi connectivity index (χ0) is 20.9. The Labute approximate surface area is 173 Å². The van der Waals surface area contributed by atoms with Gasteiger partial charge < -0.3 is 14.2 Å². The minimum absolute atomic E-state index is 0.206. The number of sulfone groups is 1. The zero-order valence-corrected chi connectivity index (χ0v) is 17.7. The molecular formula is C19H17Cl2NO5S. The molecule has 0 saturated carbocycles. The second-order valence-corrected chi connectivity index (χ2v) is 8.37. The van der Waals surface area contributed by atoms with Crippen molar-refractivity contribution in [3.63, 3.8) is 0 Å². The number of hydrogen-bond donors (Lipinski definition) is 0. The number of methoxy groups -OCH3 is 3. The molecule has 0 aromatic heterocycles. The fourth-order valence-electron chi connectivity index (χ4n) is 2.42. The first-order chi connectivity index (χ1) is 13.2. The van der Waals surface area contributed by atoms with E-state index in [0.29, 0.717) is 33.4 Å². The van der Waals surface area contributed by atoms with Crippen molar-refractivity contribution < 1.29 is 22.6 Å². The highest BCUT2D eigenvalue weighted by atomic mass is 35.5. The molecular weight excluding hydrogens is 425 g/mol. The molecule has 0 aliphatic carbocycles. The number of rotatable bonds is 7. The normalized spacial score (nSPS) is 11.6. The van der Waals surface area contributed by atoms with Gasteiger partial charge in [0, 0.05) is 21.7 Å². The Kier molecular flexibility index (Phi) is 7.19. The fourth-order valence-corrected chi connectivity index (χ4v) is 4.24. The molecule has 0 spiro atoms. The topological polar surface area (TPSA) is 85.6 Å². The highest BCUT2D eigenvalue weighted by Gasteiger charge is 2.22. The average molecular weight is 442 g/mol. The summed E-state index contributed by atoms with van der Waals surface area (Å²) in [6.45, 7) is 0. The molecule has 0 aliphatic heterocycles. The Morgan fingerprint density at radius 1 is 1.04 bits per heavy atom. The summed E-state index contributed by atoms with van der Waals surface area (Å²) in [6, 6.07) is 9.29. The molecule has 0 aliphatic rings. The lowest BCUT2D eigenvalue weighted by Crippen LogP contribution is -2.07. The Morgan fingerprint density at radius 3 is 2.18 bits per heavy atom. The van der Waals surface area contributed by atoms with E-state index in [1.165, 1.54) is 51.7 Å². The van der Waals surface area contributed by atoms with E-state index in [2.05, 4.69) is 0 Å². The van der Waals surface area contributed by atoms with Crippen molar-refractivity contribution in [3.8, 4) is 23.3 Å². The molecule has 0 radical (unpaired) electrons. The van der Waals surface area contributed by atoms with Crippen LogP contribution in [-0.4, -0.2) is 29.7 Å². The zero-order valence-electron chi connectivity index (χ0n) is 15.3.